The first-order valence-corrected chi connectivity index (χ1v) is 19.3. The molecule has 0 aromatic heterocycles. The van der Waals surface area contributed by atoms with Gasteiger partial charge < -0.3 is 49.4 Å². The van der Waals surface area contributed by atoms with Gasteiger partial charge >= 0.3 is 24.0 Å². The van der Waals surface area contributed by atoms with E-state index in [4.69, 9.17) is 23.7 Å². The van der Waals surface area contributed by atoms with Crippen molar-refractivity contribution in [3.63, 3.8) is 0 Å². The molecule has 1 saturated heterocycles. The van der Waals surface area contributed by atoms with Crippen LogP contribution >= 0.6 is 0 Å². The Labute approximate surface area is 344 Å². The molecule has 0 spiro atoms. The fourth-order valence-corrected chi connectivity index (χ4v) is 9.56. The van der Waals surface area contributed by atoms with E-state index in [9.17, 15) is 44.4 Å². The van der Waals surface area contributed by atoms with Crippen molar-refractivity contribution in [3.05, 3.63) is 82.9 Å². The van der Waals surface area contributed by atoms with Crippen molar-refractivity contribution >= 4 is 29.8 Å². The molecule has 1 aliphatic heterocycles. The first-order chi connectivity index (χ1) is 27.0. The minimum absolute atomic E-state index is 0. The normalized spacial score (nSPS) is 33.1. The molecule has 2 aromatic rings. The molecule has 4 aliphatic rings. The molecule has 3 aliphatic carbocycles. The maximum Gasteiger partial charge on any atom is 0.408 e. The molecule has 2 aromatic carbocycles. The molecule has 3 fully saturated rings. The molecule has 59 heavy (non-hydrogen) atoms. The fourth-order valence-electron chi connectivity index (χ4n) is 9.56. The Hall–Kier alpha value is -4.67. The highest BCUT2D eigenvalue weighted by atomic mass is 16.6. The van der Waals surface area contributed by atoms with Crippen molar-refractivity contribution in [1.29, 1.82) is 0 Å². The van der Waals surface area contributed by atoms with E-state index in [1.54, 1.807) is 83.1 Å². The van der Waals surface area contributed by atoms with Crippen molar-refractivity contribution in [1.82, 2.24) is 5.32 Å². The second kappa shape index (κ2) is 16.1. The number of amides is 1. The van der Waals surface area contributed by atoms with Crippen LogP contribution in [0.5, 0.6) is 0 Å². The molecule has 6 rings (SSSR count). The molecule has 2 bridgehead atoms. The standard InChI is InChI=1S/C43H53NO14.CH4/c1-22-26(55-37(51)32(48)30(24-15-11-9-12-16-24)44-38(52)58-39(3,4)5)20-43(53)35(56-36(50)25-17-13-10-14-18-25)33-41(8,34(49)31(47)29(22)40(43,6)7)27(46)19-28-42(33,21-54-28)57-23(2)45;/h9-18,26-28,30-33,35,46-48,53H,19-21H2,1-8H3,(H,44,52);1H4/t26-,27-,28+,30-,31+,32+,33-,35-,41+,42-,43+;/m0./s1. The van der Waals surface area contributed by atoms with E-state index in [-0.39, 0.29) is 37.2 Å². The van der Waals surface area contributed by atoms with Crippen LogP contribution in [-0.4, -0.2) is 110 Å². The molecule has 1 heterocycles. The van der Waals surface area contributed by atoms with Gasteiger partial charge in [-0.3, -0.25) is 9.59 Å². The van der Waals surface area contributed by atoms with Crippen LogP contribution in [0.3, 0.4) is 0 Å². The SMILES string of the molecule is C.CC(=O)O[C@@]12CO[C@@H]1C[C@H](O)[C@@]1(C)C(=O)[C@H](O)C3=C(C)[C@@H](OC(=O)[C@H](O)[C@@H](NC(=O)OC(C)(C)C)c4ccccc4)C[C@@](O)([C@@H](OC(=O)c4ccccc4)[C@H]21)C3(C)C. The quantitative estimate of drug-likeness (QED) is 0.145. The monoisotopic (exact) mass is 823 g/mol. The fraction of sp³-hybridized carbons (Fsp3) is 0.568. The van der Waals surface area contributed by atoms with E-state index in [1.807, 2.05) is 0 Å². The molecule has 322 valence electrons. The molecule has 15 nitrogen and oxygen atoms in total. The summed E-state index contributed by atoms with van der Waals surface area (Å²) in [7, 11) is 0. The van der Waals surface area contributed by atoms with Crippen LogP contribution < -0.4 is 5.32 Å². The number of rotatable bonds is 8. The predicted molar refractivity (Wildman–Crippen MR) is 210 cm³/mol. The highest BCUT2D eigenvalue weighted by Crippen LogP contribution is 2.64. The Morgan fingerprint density at radius 3 is 2.08 bits per heavy atom. The summed E-state index contributed by atoms with van der Waals surface area (Å²) in [6, 6.07) is 14.6. The molecule has 15 heteroatoms. The number of hydrogen-bond donors (Lipinski definition) is 5. The van der Waals surface area contributed by atoms with E-state index in [0.29, 0.717) is 5.56 Å². The Balaban J connectivity index is 0.00000661. The maximum absolute atomic E-state index is 14.9. The Kier molecular flexibility index (Phi) is 12.4. The molecule has 5 N–H and O–H groups in total. The highest BCUT2D eigenvalue weighted by molar-refractivity contribution is 5.94. The summed E-state index contributed by atoms with van der Waals surface area (Å²) in [6.45, 7) is 11.8. The Morgan fingerprint density at radius 1 is 0.949 bits per heavy atom. The van der Waals surface area contributed by atoms with Crippen molar-refractivity contribution in [2.45, 2.75) is 135 Å². The number of alkyl carbamates (subject to hydrolysis) is 1. The number of aliphatic hydroxyl groups is 4. The van der Waals surface area contributed by atoms with Crippen LogP contribution in [-0.2, 0) is 38.1 Å². The van der Waals surface area contributed by atoms with Gasteiger partial charge in [0.2, 0.25) is 0 Å². The lowest BCUT2D eigenvalue weighted by atomic mass is 9.44. The van der Waals surface area contributed by atoms with Crippen molar-refractivity contribution in [2.75, 3.05) is 6.61 Å². The topological polar surface area (TPSA) is 224 Å². The van der Waals surface area contributed by atoms with Gasteiger partial charge in [-0.05, 0) is 63.5 Å². The molecule has 11 atom stereocenters. The number of esters is 3. The van der Waals surface area contributed by atoms with E-state index in [1.165, 1.54) is 26.0 Å². The summed E-state index contributed by atoms with van der Waals surface area (Å²) in [5.41, 5.74) is -8.14. The third-order valence-corrected chi connectivity index (χ3v) is 12.6. The second-order valence-electron chi connectivity index (χ2n) is 17.6. The zero-order valence-corrected chi connectivity index (χ0v) is 33.9. The molecule has 0 radical (unpaired) electrons. The number of ketones is 1. The molecular formula is C44H57NO14. The van der Waals surface area contributed by atoms with Crippen molar-refractivity contribution in [3.8, 4) is 0 Å². The van der Waals surface area contributed by atoms with Gasteiger partial charge in [-0.1, -0.05) is 69.8 Å². The predicted octanol–water partition coefficient (Wildman–Crippen LogP) is 3.90. The Morgan fingerprint density at radius 2 is 1.54 bits per heavy atom. The number of benzene rings is 2. The average Bonchev–Trinajstić information content (AvgIpc) is 3.14. The Bertz CT molecular complexity index is 1980. The van der Waals surface area contributed by atoms with Gasteiger partial charge in [0.15, 0.2) is 17.5 Å². The summed E-state index contributed by atoms with van der Waals surface area (Å²) < 4.78 is 29.5. The number of carbonyl (C=O) groups excluding carboxylic acids is 5. The van der Waals surface area contributed by atoms with E-state index in [0.717, 1.165) is 6.92 Å². The lowest BCUT2D eigenvalue weighted by Gasteiger charge is -2.67. The van der Waals surface area contributed by atoms with Gasteiger partial charge in [0, 0.05) is 25.2 Å². The smallest absolute Gasteiger partial charge is 0.408 e. The first kappa shape index (κ1) is 45.4. The van der Waals surface area contributed by atoms with Crippen LogP contribution in [0.2, 0.25) is 0 Å². The molecule has 2 saturated carbocycles. The van der Waals surface area contributed by atoms with Gasteiger partial charge in [0.05, 0.1) is 35.6 Å². The molecule has 1 amide bonds. The highest BCUT2D eigenvalue weighted by Gasteiger charge is 2.78. The number of nitrogens with one attached hydrogen (secondary N) is 1. The number of Topliss-reactive ketones (excluding diaryl/α,β-unsaturated/α-hetero) is 1. The lowest BCUT2D eigenvalue weighted by molar-refractivity contribution is -0.346. The molecular weight excluding hydrogens is 766 g/mol. The van der Waals surface area contributed by atoms with Crippen LogP contribution in [0.4, 0.5) is 4.79 Å². The van der Waals surface area contributed by atoms with Crippen LogP contribution in [0.25, 0.3) is 0 Å². The minimum atomic E-state index is -2.35. The van der Waals surface area contributed by atoms with Gasteiger partial charge in [-0.2, -0.15) is 0 Å². The molecule has 0 unspecified atom stereocenters. The third kappa shape index (κ3) is 7.67. The van der Waals surface area contributed by atoms with Crippen molar-refractivity contribution in [2.24, 2.45) is 16.7 Å². The first-order valence-electron chi connectivity index (χ1n) is 19.3. The zero-order chi connectivity index (χ0) is 42.7. The summed E-state index contributed by atoms with van der Waals surface area (Å²) in [5, 5.41) is 51.6. The van der Waals surface area contributed by atoms with Gasteiger partial charge in [0.25, 0.3) is 0 Å². The number of hydrogen-bond acceptors (Lipinski definition) is 14. The number of ether oxygens (including phenoxy) is 5. The van der Waals surface area contributed by atoms with Crippen LogP contribution in [0, 0.1) is 16.7 Å². The number of carbonyl (C=O) groups is 5. The van der Waals surface area contributed by atoms with Gasteiger partial charge in [-0.15, -0.1) is 0 Å². The van der Waals surface area contributed by atoms with E-state index >= 15 is 0 Å². The van der Waals surface area contributed by atoms with Crippen LogP contribution in [0.15, 0.2) is 71.8 Å². The number of fused-ring (bicyclic) bond motifs is 5. The number of aliphatic hydroxyl groups excluding tert-OH is 3. The summed E-state index contributed by atoms with van der Waals surface area (Å²) in [4.78, 5) is 68.9. The summed E-state index contributed by atoms with van der Waals surface area (Å²) in [5.74, 6) is -5.36. The van der Waals surface area contributed by atoms with Gasteiger partial charge in [-0.25, -0.2) is 14.4 Å². The summed E-state index contributed by atoms with van der Waals surface area (Å²) >= 11 is 0. The minimum Gasteiger partial charge on any atom is -0.456 e. The van der Waals surface area contributed by atoms with Gasteiger partial charge in [0.1, 0.15) is 35.6 Å². The van der Waals surface area contributed by atoms with E-state index in [2.05, 4.69) is 5.32 Å². The summed E-state index contributed by atoms with van der Waals surface area (Å²) in [6.07, 6.45) is -11.5. The van der Waals surface area contributed by atoms with Crippen LogP contribution in [0.1, 0.15) is 97.6 Å². The third-order valence-electron chi connectivity index (χ3n) is 12.6. The zero-order valence-electron chi connectivity index (χ0n) is 33.9. The lowest BCUT2D eigenvalue weighted by Crippen LogP contribution is -2.81. The average molecular weight is 824 g/mol. The largest absolute Gasteiger partial charge is 0.456 e. The van der Waals surface area contributed by atoms with E-state index < -0.39 is 112 Å². The maximum atomic E-state index is 14.9. The second-order valence-corrected chi connectivity index (χ2v) is 17.6. The van der Waals surface area contributed by atoms with Crippen molar-refractivity contribution < 1.29 is 68.1 Å².